The summed E-state index contributed by atoms with van der Waals surface area (Å²) in [6, 6.07) is 6.72. The van der Waals surface area contributed by atoms with E-state index in [9.17, 15) is 8.42 Å². The summed E-state index contributed by atoms with van der Waals surface area (Å²) in [7, 11) is -6.54. The Bertz CT molecular complexity index is 554. The molecule has 126 valence electrons. The summed E-state index contributed by atoms with van der Waals surface area (Å²) >= 11 is 0. The topological polar surface area (TPSA) is 101 Å². The molecule has 1 aromatic carbocycles. The van der Waals surface area contributed by atoms with Crippen LogP contribution in [-0.2, 0) is 18.9 Å². The number of hydrogen-bond donors (Lipinski definition) is 2. The van der Waals surface area contributed by atoms with Crippen molar-refractivity contribution in [1.29, 1.82) is 0 Å². The van der Waals surface area contributed by atoms with Crippen LogP contribution < -0.4 is 0 Å². The molecule has 0 aromatic heterocycles. The molecule has 0 heterocycles. The Balaban J connectivity index is 0.000000980. The molecule has 0 radical (unpaired) electrons. The third-order valence-corrected chi connectivity index (χ3v) is 4.19. The Kier molecular flexibility index (Phi) is 8.96. The van der Waals surface area contributed by atoms with Crippen molar-refractivity contribution in [3.8, 4) is 0 Å². The molecule has 1 rings (SSSR count). The summed E-state index contributed by atoms with van der Waals surface area (Å²) in [6.45, 7) is 9.79. The molecule has 0 bridgehead atoms. The lowest BCUT2D eigenvalue weighted by molar-refractivity contribution is 0.112. The van der Waals surface area contributed by atoms with Crippen molar-refractivity contribution in [2.24, 2.45) is 11.8 Å². The first kappa shape index (κ1) is 21.1. The Morgan fingerprint density at radius 2 is 1.36 bits per heavy atom. The second kappa shape index (κ2) is 9.33. The standard InChI is InChI=1S/C14H22O3S.HO3P/c1-10(2)14(11(3)4)17-18(15,16)13-8-6-12(5)7-9-13;1-4(2)3/h6-11,14H,1-5H3;(H-,1,2,3)/p+1. The minimum atomic E-state index is -3.67. The van der Waals surface area contributed by atoms with Crippen LogP contribution in [-0.4, -0.2) is 24.3 Å². The molecule has 0 aliphatic rings. The van der Waals surface area contributed by atoms with Crippen molar-refractivity contribution in [3.63, 3.8) is 0 Å². The first-order valence-electron chi connectivity index (χ1n) is 6.82. The second-order valence-electron chi connectivity index (χ2n) is 5.57. The van der Waals surface area contributed by atoms with Crippen LogP contribution in [0.1, 0.15) is 33.3 Å². The SMILES string of the molecule is Cc1ccc(S(=O)(=O)OC(C(C)C)C(C)C)cc1.O=[P+](O)O. The van der Waals surface area contributed by atoms with Crippen molar-refractivity contribution in [2.45, 2.75) is 45.6 Å². The molecule has 0 aliphatic carbocycles. The molecule has 2 N–H and O–H groups in total. The van der Waals surface area contributed by atoms with Crippen LogP contribution in [0.2, 0.25) is 0 Å². The highest BCUT2D eigenvalue weighted by atomic mass is 32.2. The molecule has 0 amide bonds. The normalized spacial score (nSPS) is 11.5. The third-order valence-electron chi connectivity index (χ3n) is 2.86. The fourth-order valence-electron chi connectivity index (χ4n) is 1.90. The predicted molar refractivity (Wildman–Crippen MR) is 85.0 cm³/mol. The van der Waals surface area contributed by atoms with Gasteiger partial charge < -0.3 is 0 Å². The van der Waals surface area contributed by atoms with E-state index in [4.69, 9.17) is 18.5 Å². The molecule has 6 nitrogen and oxygen atoms in total. The van der Waals surface area contributed by atoms with E-state index in [1.54, 1.807) is 24.3 Å². The van der Waals surface area contributed by atoms with Crippen molar-refractivity contribution in [2.75, 3.05) is 0 Å². The van der Waals surface area contributed by atoms with Crippen molar-refractivity contribution in [1.82, 2.24) is 0 Å². The molecule has 0 saturated heterocycles. The maximum atomic E-state index is 12.1. The average Bonchev–Trinajstić information content (AvgIpc) is 2.35. The van der Waals surface area contributed by atoms with Gasteiger partial charge in [0.25, 0.3) is 10.1 Å². The highest BCUT2D eigenvalue weighted by molar-refractivity contribution is 7.86. The Labute approximate surface area is 133 Å². The van der Waals surface area contributed by atoms with E-state index in [0.717, 1.165) is 5.56 Å². The molecule has 0 aliphatic heterocycles. The fourth-order valence-corrected chi connectivity index (χ4v) is 3.22. The third kappa shape index (κ3) is 7.96. The van der Waals surface area contributed by atoms with E-state index in [1.807, 2.05) is 34.6 Å². The minimum Gasteiger partial charge on any atom is -0.262 e. The van der Waals surface area contributed by atoms with Crippen LogP contribution in [0.5, 0.6) is 0 Å². The zero-order chi connectivity index (χ0) is 17.5. The van der Waals surface area contributed by atoms with E-state index < -0.39 is 18.4 Å². The van der Waals surface area contributed by atoms with Crippen molar-refractivity contribution < 1.29 is 27.0 Å². The van der Waals surface area contributed by atoms with Crippen LogP contribution >= 0.6 is 8.25 Å². The van der Waals surface area contributed by atoms with E-state index in [1.165, 1.54) is 0 Å². The number of benzene rings is 1. The fraction of sp³-hybridized carbons (Fsp3) is 0.571. The Morgan fingerprint density at radius 1 is 1.00 bits per heavy atom. The van der Waals surface area contributed by atoms with E-state index in [0.29, 0.717) is 0 Å². The predicted octanol–water partition coefficient (Wildman–Crippen LogP) is 3.01. The van der Waals surface area contributed by atoms with Crippen LogP contribution in [0.15, 0.2) is 29.2 Å². The van der Waals surface area contributed by atoms with Gasteiger partial charge in [-0.1, -0.05) is 45.4 Å². The van der Waals surface area contributed by atoms with Gasteiger partial charge in [0.15, 0.2) is 0 Å². The van der Waals surface area contributed by atoms with Gasteiger partial charge in [0, 0.05) is 4.57 Å². The molecular weight excluding hydrogens is 327 g/mol. The molecule has 0 unspecified atom stereocenters. The molecule has 0 saturated carbocycles. The second-order valence-corrected chi connectivity index (χ2v) is 7.65. The summed E-state index contributed by atoms with van der Waals surface area (Å²) in [5.74, 6) is 0.315. The molecule has 8 heteroatoms. The van der Waals surface area contributed by atoms with Crippen molar-refractivity contribution in [3.05, 3.63) is 29.8 Å². The first-order chi connectivity index (χ1) is 9.97. The number of rotatable bonds is 5. The van der Waals surface area contributed by atoms with Crippen LogP contribution in [0.3, 0.4) is 0 Å². The van der Waals surface area contributed by atoms with Crippen LogP contribution in [0.25, 0.3) is 0 Å². The molecule has 22 heavy (non-hydrogen) atoms. The quantitative estimate of drug-likeness (QED) is 0.625. The zero-order valence-electron chi connectivity index (χ0n) is 13.4. The monoisotopic (exact) mass is 351 g/mol. The maximum Gasteiger partial charge on any atom is 0.692 e. The van der Waals surface area contributed by atoms with Gasteiger partial charge in [0.05, 0.1) is 11.0 Å². The van der Waals surface area contributed by atoms with Crippen LogP contribution in [0.4, 0.5) is 0 Å². The smallest absolute Gasteiger partial charge is 0.262 e. The lowest BCUT2D eigenvalue weighted by Crippen LogP contribution is -2.28. The van der Waals surface area contributed by atoms with Crippen LogP contribution in [0, 0.1) is 18.8 Å². The van der Waals surface area contributed by atoms with Crippen molar-refractivity contribution >= 4 is 18.4 Å². The Hall–Kier alpha value is -0.850. The molecular formula is C14H24O6PS+. The molecule has 0 atom stereocenters. The highest BCUT2D eigenvalue weighted by Gasteiger charge is 2.26. The Morgan fingerprint density at radius 3 is 1.68 bits per heavy atom. The van der Waals surface area contributed by atoms with Gasteiger partial charge in [-0.15, -0.1) is 9.79 Å². The average molecular weight is 351 g/mol. The van der Waals surface area contributed by atoms with Gasteiger partial charge in [0.1, 0.15) is 0 Å². The molecule has 0 fully saturated rings. The van der Waals surface area contributed by atoms with Gasteiger partial charge >= 0.3 is 8.25 Å². The summed E-state index contributed by atoms with van der Waals surface area (Å²) in [6.07, 6.45) is -0.295. The van der Waals surface area contributed by atoms with Gasteiger partial charge in [-0.05, 0) is 30.9 Å². The first-order valence-corrected chi connectivity index (χ1v) is 9.39. The molecule has 1 aromatic rings. The zero-order valence-corrected chi connectivity index (χ0v) is 15.1. The number of aryl methyl sites for hydroxylation is 1. The number of hydrogen-bond acceptors (Lipinski definition) is 4. The van der Waals surface area contributed by atoms with E-state index in [-0.39, 0.29) is 22.8 Å². The van der Waals surface area contributed by atoms with Gasteiger partial charge in [-0.2, -0.15) is 8.42 Å². The van der Waals surface area contributed by atoms with Gasteiger partial charge in [-0.25, -0.2) is 0 Å². The summed E-state index contributed by atoms with van der Waals surface area (Å²) in [5.41, 5.74) is 1.03. The largest absolute Gasteiger partial charge is 0.692 e. The minimum absolute atomic E-state index is 0.158. The summed E-state index contributed by atoms with van der Waals surface area (Å²) < 4.78 is 38.3. The van der Waals surface area contributed by atoms with Gasteiger partial charge in [-0.3, -0.25) is 4.18 Å². The summed E-state index contributed by atoms with van der Waals surface area (Å²) in [5, 5.41) is 0. The van der Waals surface area contributed by atoms with E-state index in [2.05, 4.69) is 0 Å². The highest BCUT2D eigenvalue weighted by Crippen LogP contribution is 2.22. The molecule has 0 spiro atoms. The summed E-state index contributed by atoms with van der Waals surface area (Å²) in [4.78, 5) is 14.5. The lowest BCUT2D eigenvalue weighted by atomic mass is 9.97. The van der Waals surface area contributed by atoms with E-state index >= 15 is 0 Å². The lowest BCUT2D eigenvalue weighted by Gasteiger charge is -2.24. The van der Waals surface area contributed by atoms with Gasteiger partial charge in [0.2, 0.25) is 0 Å². The maximum absolute atomic E-state index is 12.1.